The molecule has 2 rings (SSSR count). The van der Waals surface area contributed by atoms with Crippen molar-refractivity contribution in [1.82, 2.24) is 4.90 Å². The van der Waals surface area contributed by atoms with E-state index in [1.165, 1.54) is 0 Å². The molecular formula is C17H25NO2. The summed E-state index contributed by atoms with van der Waals surface area (Å²) in [5.74, 6) is 0.106. The van der Waals surface area contributed by atoms with Gasteiger partial charge >= 0.3 is 0 Å². The average molecular weight is 275 g/mol. The van der Waals surface area contributed by atoms with Crippen molar-refractivity contribution in [2.75, 3.05) is 20.6 Å². The molecule has 1 unspecified atom stereocenters. The summed E-state index contributed by atoms with van der Waals surface area (Å²) >= 11 is 0. The lowest BCUT2D eigenvalue weighted by molar-refractivity contribution is -0.163. The van der Waals surface area contributed by atoms with Crippen LogP contribution in [0.25, 0.3) is 0 Å². The molecule has 0 saturated heterocycles. The van der Waals surface area contributed by atoms with Crippen LogP contribution in [0.5, 0.6) is 0 Å². The Hall–Kier alpha value is -1.19. The normalized spacial score (nSPS) is 23.9. The van der Waals surface area contributed by atoms with Gasteiger partial charge in [-0.3, -0.25) is 4.79 Å². The summed E-state index contributed by atoms with van der Waals surface area (Å²) in [5, 5.41) is 0. The van der Waals surface area contributed by atoms with Gasteiger partial charge in [0.25, 0.3) is 0 Å². The first-order valence-electron chi connectivity index (χ1n) is 7.25. The van der Waals surface area contributed by atoms with E-state index in [4.69, 9.17) is 4.74 Å². The van der Waals surface area contributed by atoms with Gasteiger partial charge in [0.2, 0.25) is 0 Å². The molecular weight excluding hydrogens is 250 g/mol. The van der Waals surface area contributed by atoms with Crippen LogP contribution in [0.3, 0.4) is 0 Å². The molecule has 0 fully saturated rings. The lowest BCUT2D eigenvalue weighted by Crippen LogP contribution is -2.37. The van der Waals surface area contributed by atoms with Gasteiger partial charge in [0.05, 0.1) is 5.60 Å². The summed E-state index contributed by atoms with van der Waals surface area (Å²) in [5.41, 5.74) is 1.02. The molecule has 1 aliphatic heterocycles. The van der Waals surface area contributed by atoms with Gasteiger partial charge < -0.3 is 9.64 Å². The van der Waals surface area contributed by atoms with Crippen molar-refractivity contribution in [2.24, 2.45) is 0 Å². The first-order chi connectivity index (χ1) is 9.29. The van der Waals surface area contributed by atoms with E-state index in [2.05, 4.69) is 11.0 Å². The number of fused-ring (bicyclic) bond motifs is 1. The molecule has 1 atom stereocenters. The molecule has 1 aliphatic rings. The van der Waals surface area contributed by atoms with Crippen LogP contribution < -0.4 is 0 Å². The second-order valence-electron chi connectivity index (χ2n) is 6.45. The summed E-state index contributed by atoms with van der Waals surface area (Å²) in [7, 11) is 4.10. The van der Waals surface area contributed by atoms with Crippen LogP contribution in [0.2, 0.25) is 0 Å². The number of ketones is 1. The monoisotopic (exact) mass is 275 g/mol. The second kappa shape index (κ2) is 5.30. The standard InChI is InChI=1S/C17H25NO2/c1-13(19)17(11-8-12-18(4)5)15-10-7-6-9-14(15)16(2,3)20-17/h6-7,9-10H,8,11-12H2,1-5H3. The number of hydrogen-bond donors (Lipinski definition) is 0. The first kappa shape index (κ1) is 15.2. The van der Waals surface area contributed by atoms with E-state index in [9.17, 15) is 4.79 Å². The fourth-order valence-corrected chi connectivity index (χ4v) is 3.17. The van der Waals surface area contributed by atoms with E-state index in [-0.39, 0.29) is 5.78 Å². The highest BCUT2D eigenvalue weighted by Crippen LogP contribution is 2.49. The number of benzene rings is 1. The molecule has 0 aromatic heterocycles. The predicted molar refractivity (Wildman–Crippen MR) is 80.7 cm³/mol. The molecule has 0 spiro atoms. The summed E-state index contributed by atoms with van der Waals surface area (Å²) in [6.07, 6.45) is 1.68. The highest BCUT2D eigenvalue weighted by Gasteiger charge is 2.51. The minimum absolute atomic E-state index is 0.106. The van der Waals surface area contributed by atoms with Crippen molar-refractivity contribution in [3.63, 3.8) is 0 Å². The van der Waals surface area contributed by atoms with Gasteiger partial charge in [-0.25, -0.2) is 0 Å². The number of rotatable bonds is 5. The smallest absolute Gasteiger partial charge is 0.166 e. The molecule has 3 nitrogen and oxygen atoms in total. The lowest BCUT2D eigenvalue weighted by Gasteiger charge is -2.30. The van der Waals surface area contributed by atoms with Crippen molar-refractivity contribution in [2.45, 2.75) is 44.8 Å². The van der Waals surface area contributed by atoms with Crippen LogP contribution in [0, 0.1) is 0 Å². The van der Waals surface area contributed by atoms with Crippen LogP contribution in [-0.2, 0) is 20.7 Å². The minimum Gasteiger partial charge on any atom is -0.352 e. The zero-order chi connectivity index (χ0) is 15.0. The van der Waals surface area contributed by atoms with E-state index in [0.29, 0.717) is 0 Å². The van der Waals surface area contributed by atoms with Gasteiger partial charge in [-0.15, -0.1) is 0 Å². The number of Topliss-reactive ketones (excluding diaryl/α,β-unsaturated/α-hetero) is 1. The maximum atomic E-state index is 12.4. The summed E-state index contributed by atoms with van der Waals surface area (Å²) < 4.78 is 6.28. The lowest BCUT2D eigenvalue weighted by atomic mass is 9.83. The molecule has 1 heterocycles. The fraction of sp³-hybridized carbons (Fsp3) is 0.588. The zero-order valence-electron chi connectivity index (χ0n) is 13.2. The Bertz CT molecular complexity index is 507. The highest BCUT2D eigenvalue weighted by molar-refractivity contribution is 5.87. The van der Waals surface area contributed by atoms with Gasteiger partial charge in [0.15, 0.2) is 11.4 Å². The minimum atomic E-state index is -0.768. The number of carbonyl (C=O) groups is 1. The number of ether oxygens (including phenoxy) is 1. The van der Waals surface area contributed by atoms with Crippen LogP contribution in [0.1, 0.15) is 44.7 Å². The number of hydrogen-bond acceptors (Lipinski definition) is 3. The molecule has 110 valence electrons. The third-order valence-electron chi connectivity index (χ3n) is 4.14. The van der Waals surface area contributed by atoms with Gasteiger partial charge in [-0.05, 0) is 65.4 Å². The van der Waals surface area contributed by atoms with Crippen LogP contribution in [0.15, 0.2) is 24.3 Å². The first-order valence-corrected chi connectivity index (χ1v) is 7.25. The molecule has 20 heavy (non-hydrogen) atoms. The largest absolute Gasteiger partial charge is 0.352 e. The van der Waals surface area contributed by atoms with Gasteiger partial charge in [0, 0.05) is 0 Å². The van der Waals surface area contributed by atoms with Crippen LogP contribution in [0.4, 0.5) is 0 Å². The van der Waals surface area contributed by atoms with E-state index in [0.717, 1.165) is 30.5 Å². The Labute approximate surface area is 121 Å². The molecule has 0 bridgehead atoms. The van der Waals surface area contributed by atoms with E-state index < -0.39 is 11.2 Å². The Morgan fingerprint density at radius 3 is 2.35 bits per heavy atom. The van der Waals surface area contributed by atoms with Gasteiger partial charge in [0.1, 0.15) is 0 Å². The van der Waals surface area contributed by atoms with Gasteiger partial charge in [-0.1, -0.05) is 24.3 Å². The average Bonchev–Trinajstić information content (AvgIpc) is 2.59. The van der Waals surface area contributed by atoms with Crippen molar-refractivity contribution in [3.05, 3.63) is 35.4 Å². The molecule has 1 aromatic carbocycles. The third kappa shape index (κ3) is 2.52. The summed E-state index contributed by atoms with van der Waals surface area (Å²) in [6, 6.07) is 8.13. The Kier molecular flexibility index (Phi) is 4.03. The van der Waals surface area contributed by atoms with Crippen LogP contribution in [-0.4, -0.2) is 31.3 Å². The van der Waals surface area contributed by atoms with Crippen molar-refractivity contribution in [1.29, 1.82) is 0 Å². The van der Waals surface area contributed by atoms with Crippen molar-refractivity contribution < 1.29 is 9.53 Å². The van der Waals surface area contributed by atoms with Crippen molar-refractivity contribution >= 4 is 5.78 Å². The zero-order valence-corrected chi connectivity index (χ0v) is 13.2. The number of carbonyl (C=O) groups excluding carboxylic acids is 1. The van der Waals surface area contributed by atoms with Crippen molar-refractivity contribution in [3.8, 4) is 0 Å². The fourth-order valence-electron chi connectivity index (χ4n) is 3.17. The number of nitrogens with zero attached hydrogens (tertiary/aromatic N) is 1. The molecule has 3 heteroatoms. The quantitative estimate of drug-likeness (QED) is 0.827. The maximum Gasteiger partial charge on any atom is 0.166 e. The maximum absolute atomic E-state index is 12.4. The molecule has 0 saturated carbocycles. The summed E-state index contributed by atoms with van der Waals surface area (Å²) in [6.45, 7) is 6.69. The molecule has 1 aromatic rings. The Morgan fingerprint density at radius 2 is 1.80 bits per heavy atom. The highest BCUT2D eigenvalue weighted by atomic mass is 16.5. The van der Waals surface area contributed by atoms with E-state index in [1.54, 1.807) is 6.92 Å². The van der Waals surface area contributed by atoms with Crippen LogP contribution >= 0.6 is 0 Å². The predicted octanol–water partition coefficient (Wildman–Crippen LogP) is 3.08. The van der Waals surface area contributed by atoms with E-state index in [1.807, 2.05) is 46.1 Å². The summed E-state index contributed by atoms with van der Waals surface area (Å²) in [4.78, 5) is 14.5. The molecule has 0 N–H and O–H groups in total. The third-order valence-corrected chi connectivity index (χ3v) is 4.14. The Balaban J connectivity index is 2.37. The Morgan fingerprint density at radius 1 is 1.20 bits per heavy atom. The van der Waals surface area contributed by atoms with Gasteiger partial charge in [-0.2, -0.15) is 0 Å². The second-order valence-corrected chi connectivity index (χ2v) is 6.45. The SMILES string of the molecule is CC(=O)C1(CCCN(C)C)OC(C)(C)c2ccccc21. The molecule has 0 aliphatic carbocycles. The molecule has 0 radical (unpaired) electrons. The molecule has 0 amide bonds. The topological polar surface area (TPSA) is 29.5 Å². The van der Waals surface area contributed by atoms with E-state index >= 15 is 0 Å².